The van der Waals surface area contributed by atoms with Crippen molar-refractivity contribution < 1.29 is 9.50 Å². The highest BCUT2D eigenvalue weighted by Crippen LogP contribution is 2.12. The first-order chi connectivity index (χ1) is 5.18. The van der Waals surface area contributed by atoms with Gasteiger partial charge in [-0.15, -0.1) is 0 Å². The van der Waals surface area contributed by atoms with E-state index in [-0.39, 0.29) is 6.67 Å². The Hall–Kier alpha value is -0.150. The summed E-state index contributed by atoms with van der Waals surface area (Å²) in [6.07, 6.45) is 1.42. The average Bonchev–Trinajstić information content (AvgIpc) is 2.05. The Morgan fingerprint density at radius 1 is 1.36 bits per heavy atom. The second-order valence-corrected chi connectivity index (χ2v) is 2.80. The van der Waals surface area contributed by atoms with Crippen LogP contribution in [0.3, 0.4) is 0 Å². The van der Waals surface area contributed by atoms with Crippen molar-refractivity contribution in [2.45, 2.75) is 32.3 Å². The molecule has 11 heavy (non-hydrogen) atoms. The van der Waals surface area contributed by atoms with Crippen molar-refractivity contribution in [1.82, 2.24) is 5.32 Å². The summed E-state index contributed by atoms with van der Waals surface area (Å²) < 4.78 is 11.6. The molecule has 0 aromatic rings. The lowest BCUT2D eigenvalue weighted by Crippen LogP contribution is -2.40. The second kappa shape index (κ2) is 5.49. The fraction of sp³-hybridized carbons (Fsp3) is 1.00. The summed E-state index contributed by atoms with van der Waals surface area (Å²) in [7, 11) is 0. The number of aliphatic hydroxyl groups is 1. The van der Waals surface area contributed by atoms with Crippen molar-refractivity contribution in [3.8, 4) is 0 Å². The highest BCUT2D eigenvalue weighted by atomic mass is 19.1. The predicted molar refractivity (Wildman–Crippen MR) is 44.4 cm³/mol. The summed E-state index contributed by atoms with van der Waals surface area (Å²) >= 11 is 0. The van der Waals surface area contributed by atoms with Gasteiger partial charge in [-0.2, -0.15) is 0 Å². The molecule has 0 radical (unpaired) electrons. The van der Waals surface area contributed by atoms with Crippen molar-refractivity contribution in [3.05, 3.63) is 0 Å². The molecule has 0 atom stereocenters. The largest absolute Gasteiger partial charge is 0.389 e. The lowest BCUT2D eigenvalue weighted by molar-refractivity contribution is 0.0325. The normalized spacial score (nSPS) is 12.0. The van der Waals surface area contributed by atoms with E-state index in [1.807, 2.05) is 13.8 Å². The zero-order chi connectivity index (χ0) is 8.74. The van der Waals surface area contributed by atoms with E-state index < -0.39 is 5.60 Å². The monoisotopic (exact) mass is 163 g/mol. The molecule has 0 amide bonds. The molecule has 0 heterocycles. The molecule has 3 heteroatoms. The Morgan fingerprint density at radius 2 is 1.91 bits per heavy atom. The van der Waals surface area contributed by atoms with Gasteiger partial charge in [-0.3, -0.25) is 0 Å². The van der Waals surface area contributed by atoms with Crippen LogP contribution in [0.1, 0.15) is 26.7 Å². The molecule has 0 aliphatic heterocycles. The standard InChI is InChI=1S/C8H18FNO/c1-3-8(11,4-2)7-10-6-5-9/h10-11H,3-7H2,1-2H3. The molecule has 0 aliphatic carbocycles. The Balaban J connectivity index is 3.51. The van der Waals surface area contributed by atoms with E-state index in [0.717, 1.165) is 0 Å². The third kappa shape index (κ3) is 4.32. The van der Waals surface area contributed by atoms with E-state index in [4.69, 9.17) is 0 Å². The van der Waals surface area contributed by atoms with Gasteiger partial charge in [-0.1, -0.05) is 13.8 Å². The van der Waals surface area contributed by atoms with Crippen molar-refractivity contribution in [3.63, 3.8) is 0 Å². The maximum atomic E-state index is 11.6. The predicted octanol–water partition coefficient (Wildman–Crippen LogP) is 1.10. The lowest BCUT2D eigenvalue weighted by Gasteiger charge is -2.25. The maximum Gasteiger partial charge on any atom is 0.102 e. The van der Waals surface area contributed by atoms with Crippen LogP contribution in [0.4, 0.5) is 4.39 Å². The molecule has 0 fully saturated rings. The van der Waals surface area contributed by atoms with Crippen LogP contribution < -0.4 is 5.32 Å². The van der Waals surface area contributed by atoms with E-state index in [2.05, 4.69) is 5.32 Å². The van der Waals surface area contributed by atoms with Crippen molar-refractivity contribution in [2.24, 2.45) is 0 Å². The van der Waals surface area contributed by atoms with Crippen LogP contribution in [0, 0.1) is 0 Å². The van der Waals surface area contributed by atoms with Gasteiger partial charge < -0.3 is 10.4 Å². The minimum atomic E-state index is -0.644. The lowest BCUT2D eigenvalue weighted by atomic mass is 9.98. The fourth-order valence-corrected chi connectivity index (χ4v) is 0.888. The highest BCUT2D eigenvalue weighted by Gasteiger charge is 2.20. The van der Waals surface area contributed by atoms with Gasteiger partial charge in [-0.05, 0) is 12.8 Å². The van der Waals surface area contributed by atoms with E-state index in [1.54, 1.807) is 0 Å². The van der Waals surface area contributed by atoms with Gasteiger partial charge in [0.05, 0.1) is 5.60 Å². The summed E-state index contributed by atoms with van der Waals surface area (Å²) in [5.41, 5.74) is -0.644. The molecular weight excluding hydrogens is 145 g/mol. The molecule has 0 aliphatic rings. The SMILES string of the molecule is CCC(O)(CC)CNCCF. The summed E-state index contributed by atoms with van der Waals surface area (Å²) in [5.74, 6) is 0. The average molecular weight is 163 g/mol. The number of halogens is 1. The van der Waals surface area contributed by atoms with Gasteiger partial charge in [0.1, 0.15) is 6.67 Å². The molecule has 0 rings (SSSR count). The Labute approximate surface area is 67.8 Å². The Bertz CT molecular complexity index is 94.1. The van der Waals surface area contributed by atoms with Gasteiger partial charge in [0.2, 0.25) is 0 Å². The topological polar surface area (TPSA) is 32.3 Å². The van der Waals surface area contributed by atoms with Crippen LogP contribution in [0.2, 0.25) is 0 Å². The molecular formula is C8H18FNO. The van der Waals surface area contributed by atoms with E-state index in [1.165, 1.54) is 0 Å². The highest BCUT2D eigenvalue weighted by molar-refractivity contribution is 4.77. The minimum absolute atomic E-state index is 0.336. The Kier molecular flexibility index (Phi) is 5.42. The van der Waals surface area contributed by atoms with Crippen molar-refractivity contribution in [1.29, 1.82) is 0 Å². The van der Waals surface area contributed by atoms with Crippen molar-refractivity contribution >= 4 is 0 Å². The van der Waals surface area contributed by atoms with Gasteiger partial charge in [0, 0.05) is 13.1 Å². The Morgan fingerprint density at radius 3 is 2.27 bits per heavy atom. The summed E-state index contributed by atoms with van der Waals surface area (Å²) in [5, 5.41) is 12.5. The van der Waals surface area contributed by atoms with Crippen LogP contribution in [-0.2, 0) is 0 Å². The van der Waals surface area contributed by atoms with Gasteiger partial charge in [-0.25, -0.2) is 4.39 Å². The first-order valence-electron chi connectivity index (χ1n) is 4.17. The molecule has 2 nitrogen and oxygen atoms in total. The minimum Gasteiger partial charge on any atom is -0.389 e. The van der Waals surface area contributed by atoms with Crippen LogP contribution >= 0.6 is 0 Å². The second-order valence-electron chi connectivity index (χ2n) is 2.80. The summed E-state index contributed by atoms with van der Waals surface area (Å²) in [6, 6.07) is 0. The third-order valence-electron chi connectivity index (χ3n) is 2.04. The number of alkyl halides is 1. The molecule has 0 unspecified atom stereocenters. The zero-order valence-corrected chi connectivity index (χ0v) is 7.36. The molecule has 0 aromatic heterocycles. The van der Waals surface area contributed by atoms with Gasteiger partial charge in [0.25, 0.3) is 0 Å². The quantitative estimate of drug-likeness (QED) is 0.575. The first-order valence-corrected chi connectivity index (χ1v) is 4.17. The van der Waals surface area contributed by atoms with Crippen LogP contribution in [-0.4, -0.2) is 30.5 Å². The van der Waals surface area contributed by atoms with E-state index in [9.17, 15) is 9.50 Å². The van der Waals surface area contributed by atoms with Crippen LogP contribution in [0.25, 0.3) is 0 Å². The number of nitrogens with one attached hydrogen (secondary N) is 1. The van der Waals surface area contributed by atoms with E-state index >= 15 is 0 Å². The van der Waals surface area contributed by atoms with Crippen LogP contribution in [0.5, 0.6) is 0 Å². The molecule has 68 valence electrons. The third-order valence-corrected chi connectivity index (χ3v) is 2.04. The molecule has 0 bridgehead atoms. The van der Waals surface area contributed by atoms with E-state index in [0.29, 0.717) is 25.9 Å². The summed E-state index contributed by atoms with van der Waals surface area (Å²) in [4.78, 5) is 0. The molecule has 0 spiro atoms. The number of rotatable bonds is 6. The van der Waals surface area contributed by atoms with Gasteiger partial charge >= 0.3 is 0 Å². The maximum absolute atomic E-state index is 11.6. The molecule has 0 saturated carbocycles. The number of hydrogen-bond acceptors (Lipinski definition) is 2. The van der Waals surface area contributed by atoms with Gasteiger partial charge in [0.15, 0.2) is 0 Å². The fourth-order valence-electron chi connectivity index (χ4n) is 0.888. The molecule has 0 saturated heterocycles. The number of hydrogen-bond donors (Lipinski definition) is 2. The van der Waals surface area contributed by atoms with Crippen molar-refractivity contribution in [2.75, 3.05) is 19.8 Å². The first kappa shape index (κ1) is 10.8. The molecule has 0 aromatic carbocycles. The molecule has 2 N–H and O–H groups in total. The summed E-state index contributed by atoms with van der Waals surface area (Å²) in [6.45, 7) is 4.32. The smallest absolute Gasteiger partial charge is 0.102 e. The van der Waals surface area contributed by atoms with Crippen LogP contribution in [0.15, 0.2) is 0 Å². The zero-order valence-electron chi connectivity index (χ0n) is 7.36.